The summed E-state index contributed by atoms with van der Waals surface area (Å²) >= 11 is 0. The van der Waals surface area contributed by atoms with Gasteiger partial charge in [-0.3, -0.25) is 14.4 Å². The maximum absolute atomic E-state index is 12.6. The second-order valence-corrected chi connectivity index (χ2v) is 11.4. The van der Waals surface area contributed by atoms with Crippen molar-refractivity contribution in [2.45, 2.75) is 90.7 Å². The second kappa shape index (κ2) is 9.01. The molecule has 0 bridgehead atoms. The number of furan rings is 1. The Labute approximate surface area is 201 Å². The molecular formula is C28H37NO5. The fraction of sp³-hybridized carbons (Fsp3) is 0.679. The number of allylic oxidation sites excluding steroid dienone is 1. The summed E-state index contributed by atoms with van der Waals surface area (Å²) in [7, 11) is 0. The number of hydrogen-bond donors (Lipinski definition) is 1. The molecule has 6 nitrogen and oxygen atoms in total. The molecule has 184 valence electrons. The summed E-state index contributed by atoms with van der Waals surface area (Å²) in [4.78, 5) is 36.8. The first kappa shape index (κ1) is 23.4. The van der Waals surface area contributed by atoms with E-state index in [9.17, 15) is 14.4 Å². The van der Waals surface area contributed by atoms with Gasteiger partial charge in [0.15, 0.2) is 5.78 Å². The van der Waals surface area contributed by atoms with Gasteiger partial charge in [0.2, 0.25) is 5.91 Å². The Bertz CT molecular complexity index is 981. The lowest BCUT2D eigenvalue weighted by atomic mass is 9.47. The lowest BCUT2D eigenvalue weighted by Gasteiger charge is -2.57. The lowest BCUT2D eigenvalue weighted by molar-refractivity contribution is -0.160. The molecule has 34 heavy (non-hydrogen) atoms. The van der Waals surface area contributed by atoms with Crippen LogP contribution in [0.1, 0.15) is 83.8 Å². The summed E-state index contributed by atoms with van der Waals surface area (Å²) in [5.41, 5.74) is 1.57. The van der Waals surface area contributed by atoms with Crippen LogP contribution in [0.15, 0.2) is 34.5 Å². The molecule has 1 amide bonds. The van der Waals surface area contributed by atoms with Crippen LogP contribution in [0, 0.1) is 28.6 Å². The third-order valence-electron chi connectivity index (χ3n) is 9.74. The Kier molecular flexibility index (Phi) is 6.19. The third kappa shape index (κ3) is 4.14. The van der Waals surface area contributed by atoms with Crippen molar-refractivity contribution >= 4 is 17.7 Å². The summed E-state index contributed by atoms with van der Waals surface area (Å²) in [5, 5.41) is 2.78. The summed E-state index contributed by atoms with van der Waals surface area (Å²) in [6, 6.07) is 3.58. The molecule has 1 aromatic rings. The van der Waals surface area contributed by atoms with E-state index < -0.39 is 0 Å². The number of nitrogens with one attached hydrogen (secondary N) is 1. The summed E-state index contributed by atoms with van der Waals surface area (Å²) in [5.74, 6) is 2.39. The monoisotopic (exact) mass is 467 g/mol. The van der Waals surface area contributed by atoms with E-state index in [1.54, 1.807) is 18.4 Å². The van der Waals surface area contributed by atoms with Crippen molar-refractivity contribution in [2.75, 3.05) is 0 Å². The van der Waals surface area contributed by atoms with Crippen molar-refractivity contribution in [1.82, 2.24) is 5.32 Å². The topological polar surface area (TPSA) is 85.6 Å². The molecular weight excluding hydrogens is 430 g/mol. The highest BCUT2D eigenvalue weighted by Crippen LogP contribution is 2.65. The first-order valence-electron chi connectivity index (χ1n) is 13.0. The molecule has 1 aromatic heterocycles. The fourth-order valence-electron chi connectivity index (χ4n) is 7.83. The molecule has 3 fully saturated rings. The molecule has 1 heterocycles. The number of esters is 1. The second-order valence-electron chi connectivity index (χ2n) is 11.4. The van der Waals surface area contributed by atoms with Gasteiger partial charge in [-0.25, -0.2) is 0 Å². The smallest absolute Gasteiger partial charge is 0.306 e. The first-order chi connectivity index (χ1) is 16.3. The first-order valence-corrected chi connectivity index (χ1v) is 13.0. The SMILES string of the molecule is C[C@]12CC[C@@H]3[C@H](CCC4=CC(=O)CC[C@@]43C)[C@H]1CC[C@@H]2OC(=O)CCC(=O)NCc1ccco1. The average molecular weight is 468 g/mol. The van der Waals surface area contributed by atoms with E-state index in [2.05, 4.69) is 19.2 Å². The van der Waals surface area contributed by atoms with Crippen molar-refractivity contribution in [1.29, 1.82) is 0 Å². The zero-order chi connectivity index (χ0) is 23.9. The van der Waals surface area contributed by atoms with Gasteiger partial charge in [0.25, 0.3) is 0 Å². The van der Waals surface area contributed by atoms with Crippen molar-refractivity contribution in [2.24, 2.45) is 28.6 Å². The Morgan fingerprint density at radius 3 is 2.74 bits per heavy atom. The lowest BCUT2D eigenvalue weighted by Crippen LogP contribution is -2.51. The van der Waals surface area contributed by atoms with E-state index in [4.69, 9.17) is 9.15 Å². The van der Waals surface area contributed by atoms with Gasteiger partial charge in [-0.15, -0.1) is 0 Å². The van der Waals surface area contributed by atoms with Gasteiger partial charge in [-0.2, -0.15) is 0 Å². The molecule has 5 rings (SSSR count). The van der Waals surface area contributed by atoms with Gasteiger partial charge < -0.3 is 14.5 Å². The average Bonchev–Trinajstić information content (AvgIpc) is 3.45. The van der Waals surface area contributed by atoms with Gasteiger partial charge in [-0.1, -0.05) is 19.4 Å². The molecule has 0 radical (unpaired) electrons. The molecule has 0 spiro atoms. The number of ketones is 1. The van der Waals surface area contributed by atoms with Crippen molar-refractivity contribution in [3.05, 3.63) is 35.8 Å². The van der Waals surface area contributed by atoms with E-state index in [-0.39, 0.29) is 41.7 Å². The van der Waals surface area contributed by atoms with E-state index >= 15 is 0 Å². The van der Waals surface area contributed by atoms with E-state index in [0.717, 1.165) is 44.9 Å². The number of amides is 1. The predicted octanol–water partition coefficient (Wildman–Crippen LogP) is 5.12. The van der Waals surface area contributed by atoms with Crippen LogP contribution in [-0.4, -0.2) is 23.8 Å². The largest absolute Gasteiger partial charge is 0.467 e. The maximum Gasteiger partial charge on any atom is 0.306 e. The summed E-state index contributed by atoms with van der Waals surface area (Å²) in [6.07, 6.45) is 11.8. The molecule has 6 heteroatoms. The standard InChI is InChI=1S/C28H37NO5/c1-27-13-11-19(30)16-18(27)5-6-21-22-7-8-24(28(22,2)14-12-23(21)27)34-26(32)10-9-25(31)29-17-20-4-3-15-33-20/h3-4,15-16,21-24H,5-14,17H2,1-2H3,(H,29,31)/t21-,22-,23-,24+,27+,28+/m1/s1. The molecule has 4 aliphatic rings. The molecule has 3 saturated carbocycles. The van der Waals surface area contributed by atoms with Gasteiger partial charge in [0.05, 0.1) is 19.2 Å². The Morgan fingerprint density at radius 1 is 1.09 bits per heavy atom. The van der Waals surface area contributed by atoms with Gasteiger partial charge in [0.1, 0.15) is 11.9 Å². The van der Waals surface area contributed by atoms with Gasteiger partial charge in [-0.05, 0) is 86.3 Å². The Balaban J connectivity index is 1.17. The van der Waals surface area contributed by atoms with Gasteiger partial charge in [0, 0.05) is 18.3 Å². The van der Waals surface area contributed by atoms with Crippen molar-refractivity contribution < 1.29 is 23.5 Å². The Morgan fingerprint density at radius 2 is 1.94 bits per heavy atom. The van der Waals surface area contributed by atoms with E-state index in [1.807, 2.05) is 6.08 Å². The summed E-state index contributed by atoms with van der Waals surface area (Å²) < 4.78 is 11.2. The zero-order valence-corrected chi connectivity index (χ0v) is 20.4. The van der Waals surface area contributed by atoms with Crippen LogP contribution in [0.3, 0.4) is 0 Å². The highest BCUT2D eigenvalue weighted by atomic mass is 16.5. The van der Waals surface area contributed by atoms with Crippen LogP contribution in [0.4, 0.5) is 0 Å². The molecule has 4 aliphatic carbocycles. The number of carbonyl (C=O) groups excluding carboxylic acids is 3. The minimum Gasteiger partial charge on any atom is -0.467 e. The molecule has 6 atom stereocenters. The number of rotatable bonds is 6. The predicted molar refractivity (Wildman–Crippen MR) is 126 cm³/mol. The minimum atomic E-state index is -0.270. The molecule has 0 aliphatic heterocycles. The van der Waals surface area contributed by atoms with Crippen LogP contribution in [0.2, 0.25) is 0 Å². The molecule has 0 aromatic carbocycles. The number of fused-ring (bicyclic) bond motifs is 5. The number of ether oxygens (including phenoxy) is 1. The summed E-state index contributed by atoms with van der Waals surface area (Å²) in [6.45, 7) is 5.05. The third-order valence-corrected chi connectivity index (χ3v) is 9.74. The Hall–Kier alpha value is -2.37. The quantitative estimate of drug-likeness (QED) is 0.587. The van der Waals surface area contributed by atoms with Crippen LogP contribution < -0.4 is 5.32 Å². The maximum atomic E-state index is 12.6. The highest BCUT2D eigenvalue weighted by molar-refractivity contribution is 5.91. The highest BCUT2D eigenvalue weighted by Gasteiger charge is 2.59. The van der Waals surface area contributed by atoms with Crippen LogP contribution in [0.5, 0.6) is 0 Å². The number of hydrogen-bond acceptors (Lipinski definition) is 5. The van der Waals surface area contributed by atoms with Crippen LogP contribution >= 0.6 is 0 Å². The molecule has 0 saturated heterocycles. The van der Waals surface area contributed by atoms with Crippen molar-refractivity contribution in [3.8, 4) is 0 Å². The number of carbonyl (C=O) groups is 3. The minimum absolute atomic E-state index is 0.0143. The fourth-order valence-corrected chi connectivity index (χ4v) is 7.83. The van der Waals surface area contributed by atoms with E-state index in [1.165, 1.54) is 5.57 Å². The van der Waals surface area contributed by atoms with Crippen molar-refractivity contribution in [3.63, 3.8) is 0 Å². The van der Waals surface area contributed by atoms with Gasteiger partial charge >= 0.3 is 5.97 Å². The zero-order valence-electron chi connectivity index (χ0n) is 20.4. The normalized spacial score (nSPS) is 36.6. The van der Waals surface area contributed by atoms with Crippen LogP contribution in [0.25, 0.3) is 0 Å². The molecule has 1 N–H and O–H groups in total. The van der Waals surface area contributed by atoms with Crippen LogP contribution in [-0.2, 0) is 25.7 Å². The molecule has 0 unspecified atom stereocenters. The van der Waals surface area contributed by atoms with E-state index in [0.29, 0.717) is 42.3 Å².